The van der Waals surface area contributed by atoms with Gasteiger partial charge in [0.25, 0.3) is 10.0 Å². The molecule has 2 aliphatic rings. The van der Waals surface area contributed by atoms with Crippen LogP contribution in [0, 0.1) is 0 Å². The summed E-state index contributed by atoms with van der Waals surface area (Å²) in [7, 11) is -3.87. The van der Waals surface area contributed by atoms with Crippen molar-refractivity contribution in [3.8, 4) is 0 Å². The number of hydrogen-bond acceptors (Lipinski definition) is 5. The minimum absolute atomic E-state index is 0.0846. The molecular formula is C21H24BrClN4O3S. The van der Waals surface area contributed by atoms with Gasteiger partial charge in [-0.25, -0.2) is 13.4 Å². The molecule has 1 fully saturated rings. The van der Waals surface area contributed by atoms with Gasteiger partial charge in [-0.15, -0.1) is 4.83 Å². The summed E-state index contributed by atoms with van der Waals surface area (Å²) in [4.78, 5) is 18.9. The summed E-state index contributed by atoms with van der Waals surface area (Å²) < 4.78 is 27.4. The first kappa shape index (κ1) is 22.5. The number of benzene rings is 2. The van der Waals surface area contributed by atoms with Gasteiger partial charge in [0.05, 0.1) is 5.69 Å². The van der Waals surface area contributed by atoms with Gasteiger partial charge in [-0.2, -0.15) is 0 Å². The molecule has 1 amide bonds. The Morgan fingerprint density at radius 1 is 1.13 bits per heavy atom. The summed E-state index contributed by atoms with van der Waals surface area (Å²) in [6, 6.07) is 11.0. The third kappa shape index (κ3) is 4.61. The van der Waals surface area contributed by atoms with Gasteiger partial charge in [0.15, 0.2) is 0 Å². The predicted octanol–water partition coefficient (Wildman–Crippen LogP) is 3.42. The predicted molar refractivity (Wildman–Crippen MR) is 126 cm³/mol. The Balaban J connectivity index is 1.53. The Labute approximate surface area is 196 Å². The standard InChI is InChI=1S/C21H24BrClN4O3S/c1-14-11-16-12-17(22)13-20(21(16)27(14)15(2)28)31(29,30)24-26-9-7-25(8-10-26)19-5-3-18(23)4-6-19/h3-6,12-14,24H,7-11H2,1-2H3/t14-/m1/s1. The van der Waals surface area contributed by atoms with E-state index in [1.807, 2.05) is 37.3 Å². The lowest BCUT2D eigenvalue weighted by atomic mass is 10.1. The van der Waals surface area contributed by atoms with Crippen molar-refractivity contribution in [2.45, 2.75) is 31.2 Å². The van der Waals surface area contributed by atoms with Crippen LogP contribution in [0.3, 0.4) is 0 Å². The average Bonchev–Trinajstić information content (AvgIpc) is 3.03. The molecule has 2 aromatic rings. The van der Waals surface area contributed by atoms with E-state index in [2.05, 4.69) is 25.7 Å². The lowest BCUT2D eigenvalue weighted by Gasteiger charge is -2.36. The number of hydrogen-bond donors (Lipinski definition) is 1. The molecule has 2 aliphatic heterocycles. The molecule has 10 heteroatoms. The largest absolute Gasteiger partial charge is 0.369 e. The van der Waals surface area contributed by atoms with Crippen molar-refractivity contribution in [3.05, 3.63) is 51.5 Å². The average molecular weight is 528 g/mol. The van der Waals surface area contributed by atoms with Gasteiger partial charge in [-0.1, -0.05) is 27.5 Å². The van der Waals surface area contributed by atoms with Crippen LogP contribution in [0.5, 0.6) is 0 Å². The molecular weight excluding hydrogens is 504 g/mol. The molecule has 1 atom stereocenters. The van der Waals surface area contributed by atoms with Crippen LogP contribution >= 0.6 is 27.5 Å². The number of sulfonamides is 1. The second-order valence-electron chi connectivity index (χ2n) is 7.90. The van der Waals surface area contributed by atoms with Crippen LogP contribution in [0.4, 0.5) is 11.4 Å². The number of anilines is 2. The van der Waals surface area contributed by atoms with E-state index in [4.69, 9.17) is 11.6 Å². The van der Waals surface area contributed by atoms with Crippen molar-refractivity contribution in [2.24, 2.45) is 0 Å². The van der Waals surface area contributed by atoms with Crippen molar-refractivity contribution >= 4 is 54.8 Å². The topological polar surface area (TPSA) is 73.0 Å². The van der Waals surface area contributed by atoms with E-state index in [1.165, 1.54) is 6.92 Å². The van der Waals surface area contributed by atoms with Crippen LogP contribution in [-0.4, -0.2) is 51.6 Å². The zero-order valence-electron chi connectivity index (χ0n) is 17.3. The number of halogens is 2. The van der Waals surface area contributed by atoms with E-state index in [0.29, 0.717) is 47.8 Å². The van der Waals surface area contributed by atoms with Gasteiger partial charge in [-0.3, -0.25) is 4.79 Å². The first-order valence-corrected chi connectivity index (χ1v) is 12.7. The second-order valence-corrected chi connectivity index (χ2v) is 10.9. The van der Waals surface area contributed by atoms with E-state index < -0.39 is 10.0 Å². The molecule has 0 bridgehead atoms. The monoisotopic (exact) mass is 526 g/mol. The summed E-state index contributed by atoms with van der Waals surface area (Å²) in [5.41, 5.74) is 2.39. The highest BCUT2D eigenvalue weighted by molar-refractivity contribution is 9.10. The first-order valence-electron chi connectivity index (χ1n) is 10.1. The Morgan fingerprint density at radius 2 is 1.77 bits per heavy atom. The van der Waals surface area contributed by atoms with Crippen molar-refractivity contribution in [1.29, 1.82) is 0 Å². The van der Waals surface area contributed by atoms with E-state index >= 15 is 0 Å². The van der Waals surface area contributed by atoms with Gasteiger partial charge in [0.1, 0.15) is 4.90 Å². The maximum absolute atomic E-state index is 13.3. The lowest BCUT2D eigenvalue weighted by Crippen LogP contribution is -2.53. The Hall–Kier alpha value is -1.65. The highest BCUT2D eigenvalue weighted by atomic mass is 79.9. The van der Waals surface area contributed by atoms with Crippen LogP contribution in [0.25, 0.3) is 0 Å². The summed E-state index contributed by atoms with van der Waals surface area (Å²) in [6.45, 7) is 5.81. The van der Waals surface area contributed by atoms with Crippen molar-refractivity contribution < 1.29 is 13.2 Å². The number of hydrazine groups is 1. The SMILES string of the molecule is CC(=O)N1c2c(cc(Br)cc2S(=O)(=O)NN2CCN(c3ccc(Cl)cc3)CC2)C[C@H]1C. The zero-order chi connectivity index (χ0) is 22.3. The molecule has 0 aromatic heterocycles. The molecule has 2 aromatic carbocycles. The Morgan fingerprint density at radius 3 is 2.39 bits per heavy atom. The molecule has 4 rings (SSSR count). The quantitative estimate of drug-likeness (QED) is 0.660. The van der Waals surface area contributed by atoms with Gasteiger partial charge in [0.2, 0.25) is 5.91 Å². The molecule has 0 radical (unpaired) electrons. The van der Waals surface area contributed by atoms with Crippen LogP contribution in [-0.2, 0) is 21.2 Å². The molecule has 0 spiro atoms. The molecule has 2 heterocycles. The van der Waals surface area contributed by atoms with E-state index in [1.54, 1.807) is 16.0 Å². The van der Waals surface area contributed by atoms with E-state index in [9.17, 15) is 13.2 Å². The molecule has 1 N–H and O–H groups in total. The second kappa shape index (κ2) is 8.71. The summed E-state index contributed by atoms with van der Waals surface area (Å²) in [6.07, 6.45) is 0.622. The number of fused-ring (bicyclic) bond motifs is 1. The lowest BCUT2D eigenvalue weighted by molar-refractivity contribution is -0.116. The zero-order valence-corrected chi connectivity index (χ0v) is 20.5. The number of carbonyl (C=O) groups is 1. The maximum atomic E-state index is 13.3. The van der Waals surface area contributed by atoms with Gasteiger partial charge < -0.3 is 9.80 Å². The van der Waals surface area contributed by atoms with E-state index in [-0.39, 0.29) is 16.8 Å². The molecule has 7 nitrogen and oxygen atoms in total. The van der Waals surface area contributed by atoms with Gasteiger partial charge in [-0.05, 0) is 55.3 Å². The first-order chi connectivity index (χ1) is 14.7. The van der Waals surface area contributed by atoms with Crippen molar-refractivity contribution in [1.82, 2.24) is 9.84 Å². The van der Waals surface area contributed by atoms with Crippen molar-refractivity contribution in [3.63, 3.8) is 0 Å². The number of carbonyl (C=O) groups excluding carboxylic acids is 1. The minimum Gasteiger partial charge on any atom is -0.369 e. The molecule has 166 valence electrons. The third-order valence-corrected chi connectivity index (χ3v) is 7.76. The fourth-order valence-electron chi connectivity index (χ4n) is 4.29. The van der Waals surface area contributed by atoms with Crippen LogP contribution < -0.4 is 14.6 Å². The number of nitrogens with zero attached hydrogens (tertiary/aromatic N) is 3. The summed E-state index contributed by atoms with van der Waals surface area (Å²) >= 11 is 9.39. The smallest absolute Gasteiger partial charge is 0.255 e. The Kier molecular flexibility index (Phi) is 6.33. The number of nitrogens with one attached hydrogen (secondary N) is 1. The maximum Gasteiger partial charge on any atom is 0.255 e. The number of amides is 1. The Bertz CT molecular complexity index is 1100. The molecule has 0 unspecified atom stereocenters. The summed E-state index contributed by atoms with van der Waals surface area (Å²) in [5.74, 6) is -0.165. The fraction of sp³-hybridized carbons (Fsp3) is 0.381. The summed E-state index contributed by atoms with van der Waals surface area (Å²) in [5, 5.41) is 2.40. The molecule has 0 saturated carbocycles. The normalized spacial score (nSPS) is 19.5. The molecule has 0 aliphatic carbocycles. The highest BCUT2D eigenvalue weighted by Gasteiger charge is 2.36. The molecule has 31 heavy (non-hydrogen) atoms. The van der Waals surface area contributed by atoms with E-state index in [0.717, 1.165) is 11.3 Å². The molecule has 1 saturated heterocycles. The van der Waals surface area contributed by atoms with Gasteiger partial charge in [0, 0.05) is 54.3 Å². The minimum atomic E-state index is -3.87. The van der Waals surface area contributed by atoms with Crippen LogP contribution in [0.2, 0.25) is 5.02 Å². The van der Waals surface area contributed by atoms with Crippen LogP contribution in [0.15, 0.2) is 45.8 Å². The number of piperazine rings is 1. The number of rotatable bonds is 4. The fourth-order valence-corrected chi connectivity index (χ4v) is 6.46. The highest BCUT2D eigenvalue weighted by Crippen LogP contribution is 2.40. The van der Waals surface area contributed by atoms with Gasteiger partial charge >= 0.3 is 0 Å². The van der Waals surface area contributed by atoms with Crippen LogP contribution in [0.1, 0.15) is 19.4 Å². The third-order valence-electron chi connectivity index (χ3n) is 5.67. The van der Waals surface area contributed by atoms with Crippen molar-refractivity contribution in [2.75, 3.05) is 36.0 Å².